The first-order valence-electron chi connectivity index (χ1n) is 6.50. The Morgan fingerprint density at radius 3 is 2.63 bits per heavy atom. The first-order chi connectivity index (χ1) is 9.24. The van der Waals surface area contributed by atoms with Crippen molar-refractivity contribution in [2.45, 2.75) is 25.0 Å². The maximum absolute atomic E-state index is 6.35. The van der Waals surface area contributed by atoms with Crippen molar-refractivity contribution in [1.29, 1.82) is 0 Å². The van der Waals surface area contributed by atoms with Crippen LogP contribution in [0, 0.1) is 0 Å². The molecule has 2 N–H and O–H groups in total. The fourth-order valence-electron chi connectivity index (χ4n) is 2.07. The largest absolute Gasteiger partial charge is 0.490 e. The van der Waals surface area contributed by atoms with Crippen molar-refractivity contribution in [3.05, 3.63) is 64.1 Å². The molecule has 0 bridgehead atoms. The van der Waals surface area contributed by atoms with Crippen molar-refractivity contribution in [2.24, 2.45) is 5.73 Å². The van der Waals surface area contributed by atoms with E-state index in [9.17, 15) is 0 Å². The second-order valence-corrected chi connectivity index (χ2v) is 5.74. The molecule has 98 valence electrons. The number of rotatable bonds is 4. The lowest BCUT2D eigenvalue weighted by Crippen LogP contribution is -2.12. The zero-order chi connectivity index (χ0) is 13.2. The average molecular weight is 318 g/mol. The van der Waals surface area contributed by atoms with Gasteiger partial charge in [-0.1, -0.05) is 46.3 Å². The minimum Gasteiger partial charge on any atom is -0.490 e. The predicted molar refractivity (Wildman–Crippen MR) is 80.3 cm³/mol. The van der Waals surface area contributed by atoms with Crippen molar-refractivity contribution >= 4 is 15.9 Å². The molecule has 0 aromatic heterocycles. The molecule has 1 fully saturated rings. The average Bonchev–Trinajstić information content (AvgIpc) is 3.23. The standard InChI is InChI=1S/C16H16BrNO/c17-15-7-2-1-6-14(15)16(18)11-4-3-5-13(10-11)19-12-8-9-12/h1-7,10,12,16H,8-9,18H2. The van der Waals surface area contributed by atoms with Crippen LogP contribution < -0.4 is 10.5 Å². The molecule has 0 spiro atoms. The number of benzene rings is 2. The van der Waals surface area contributed by atoms with Crippen molar-refractivity contribution in [1.82, 2.24) is 0 Å². The molecule has 3 heteroatoms. The van der Waals surface area contributed by atoms with Crippen LogP contribution in [0.4, 0.5) is 0 Å². The third kappa shape index (κ3) is 2.99. The lowest BCUT2D eigenvalue weighted by molar-refractivity contribution is 0.303. The van der Waals surface area contributed by atoms with Crippen LogP contribution in [0.1, 0.15) is 30.0 Å². The van der Waals surface area contributed by atoms with Crippen LogP contribution in [-0.2, 0) is 0 Å². The Hall–Kier alpha value is -1.32. The van der Waals surface area contributed by atoms with Crippen LogP contribution in [-0.4, -0.2) is 6.10 Å². The first kappa shape index (κ1) is 12.7. The van der Waals surface area contributed by atoms with Gasteiger partial charge in [-0.05, 0) is 42.2 Å². The molecule has 1 aliphatic rings. The third-order valence-corrected chi connectivity index (χ3v) is 4.01. The fraction of sp³-hybridized carbons (Fsp3) is 0.250. The van der Waals surface area contributed by atoms with Gasteiger partial charge in [-0.3, -0.25) is 0 Å². The van der Waals surface area contributed by atoms with Crippen LogP contribution in [0.15, 0.2) is 53.0 Å². The van der Waals surface area contributed by atoms with Gasteiger partial charge in [0.1, 0.15) is 5.75 Å². The van der Waals surface area contributed by atoms with Gasteiger partial charge in [-0.15, -0.1) is 0 Å². The van der Waals surface area contributed by atoms with Crippen molar-refractivity contribution < 1.29 is 4.74 Å². The third-order valence-electron chi connectivity index (χ3n) is 3.28. The quantitative estimate of drug-likeness (QED) is 0.923. The van der Waals surface area contributed by atoms with E-state index in [1.807, 2.05) is 48.5 Å². The van der Waals surface area contributed by atoms with Crippen LogP contribution in [0.5, 0.6) is 5.75 Å². The molecule has 1 atom stereocenters. The summed E-state index contributed by atoms with van der Waals surface area (Å²) >= 11 is 3.55. The Morgan fingerprint density at radius 2 is 1.89 bits per heavy atom. The van der Waals surface area contributed by atoms with E-state index in [0.717, 1.165) is 21.3 Å². The van der Waals surface area contributed by atoms with Gasteiger partial charge in [0.25, 0.3) is 0 Å². The maximum atomic E-state index is 6.35. The second-order valence-electron chi connectivity index (χ2n) is 4.89. The summed E-state index contributed by atoms with van der Waals surface area (Å²) in [6.45, 7) is 0. The Morgan fingerprint density at radius 1 is 1.11 bits per heavy atom. The van der Waals surface area contributed by atoms with E-state index in [1.54, 1.807) is 0 Å². The number of halogens is 1. The lowest BCUT2D eigenvalue weighted by Gasteiger charge is -2.15. The summed E-state index contributed by atoms with van der Waals surface area (Å²) in [5.41, 5.74) is 8.51. The summed E-state index contributed by atoms with van der Waals surface area (Å²) in [5, 5.41) is 0. The smallest absolute Gasteiger partial charge is 0.120 e. The van der Waals surface area contributed by atoms with Crippen LogP contribution in [0.2, 0.25) is 0 Å². The molecule has 2 aromatic carbocycles. The number of ether oxygens (including phenoxy) is 1. The summed E-state index contributed by atoms with van der Waals surface area (Å²) in [5.74, 6) is 0.919. The SMILES string of the molecule is NC(c1cccc(OC2CC2)c1)c1ccccc1Br. The summed E-state index contributed by atoms with van der Waals surface area (Å²) < 4.78 is 6.85. The van der Waals surface area contributed by atoms with E-state index in [2.05, 4.69) is 15.9 Å². The van der Waals surface area contributed by atoms with Crippen molar-refractivity contribution in [3.63, 3.8) is 0 Å². The number of hydrogen-bond acceptors (Lipinski definition) is 2. The topological polar surface area (TPSA) is 35.2 Å². The molecular weight excluding hydrogens is 302 g/mol. The zero-order valence-corrected chi connectivity index (χ0v) is 12.1. The molecule has 0 aliphatic heterocycles. The molecule has 1 saturated carbocycles. The van der Waals surface area contributed by atoms with Gasteiger partial charge in [0.15, 0.2) is 0 Å². The highest BCUT2D eigenvalue weighted by molar-refractivity contribution is 9.10. The highest BCUT2D eigenvalue weighted by Crippen LogP contribution is 2.31. The van der Waals surface area contributed by atoms with Crippen LogP contribution >= 0.6 is 15.9 Å². The molecule has 19 heavy (non-hydrogen) atoms. The molecule has 1 unspecified atom stereocenters. The summed E-state index contributed by atoms with van der Waals surface area (Å²) in [4.78, 5) is 0. The van der Waals surface area contributed by atoms with Gasteiger partial charge in [0, 0.05) is 4.47 Å². The van der Waals surface area contributed by atoms with Crippen LogP contribution in [0.3, 0.4) is 0 Å². The molecule has 1 aliphatic carbocycles. The number of nitrogens with two attached hydrogens (primary N) is 1. The molecule has 0 amide bonds. The summed E-state index contributed by atoms with van der Waals surface area (Å²) in [6, 6.07) is 16.0. The van der Waals surface area contributed by atoms with Gasteiger partial charge in [0.05, 0.1) is 12.1 Å². The summed E-state index contributed by atoms with van der Waals surface area (Å²) in [7, 11) is 0. The van der Waals surface area contributed by atoms with Gasteiger partial charge >= 0.3 is 0 Å². The Labute approximate surface area is 121 Å². The second kappa shape index (κ2) is 5.35. The molecule has 2 nitrogen and oxygen atoms in total. The minimum absolute atomic E-state index is 0.140. The number of hydrogen-bond donors (Lipinski definition) is 1. The Kier molecular flexibility index (Phi) is 3.58. The predicted octanol–water partition coefficient (Wildman–Crippen LogP) is 4.04. The van der Waals surface area contributed by atoms with Crippen molar-refractivity contribution in [3.8, 4) is 5.75 Å². The van der Waals surface area contributed by atoms with Crippen LogP contribution in [0.25, 0.3) is 0 Å². The Balaban J connectivity index is 1.86. The normalized spacial score (nSPS) is 16.1. The maximum Gasteiger partial charge on any atom is 0.120 e. The van der Waals surface area contributed by atoms with E-state index in [1.165, 1.54) is 12.8 Å². The highest BCUT2D eigenvalue weighted by Gasteiger charge is 2.23. The molecule has 0 saturated heterocycles. The van der Waals surface area contributed by atoms with Gasteiger partial charge in [0.2, 0.25) is 0 Å². The zero-order valence-electron chi connectivity index (χ0n) is 10.6. The monoisotopic (exact) mass is 317 g/mol. The summed E-state index contributed by atoms with van der Waals surface area (Å²) in [6.07, 6.45) is 2.75. The molecule has 0 heterocycles. The molecule has 3 rings (SSSR count). The van der Waals surface area contributed by atoms with E-state index in [4.69, 9.17) is 10.5 Å². The van der Waals surface area contributed by atoms with Crippen molar-refractivity contribution in [2.75, 3.05) is 0 Å². The molecular formula is C16H16BrNO. The fourth-order valence-corrected chi connectivity index (χ4v) is 2.60. The molecule has 2 aromatic rings. The molecule has 0 radical (unpaired) electrons. The van der Waals surface area contributed by atoms with Gasteiger partial charge < -0.3 is 10.5 Å². The van der Waals surface area contributed by atoms with E-state index < -0.39 is 0 Å². The lowest BCUT2D eigenvalue weighted by atomic mass is 9.99. The van der Waals surface area contributed by atoms with Gasteiger partial charge in [-0.2, -0.15) is 0 Å². The highest BCUT2D eigenvalue weighted by atomic mass is 79.9. The van der Waals surface area contributed by atoms with Gasteiger partial charge in [-0.25, -0.2) is 0 Å². The Bertz CT molecular complexity index is 580. The first-order valence-corrected chi connectivity index (χ1v) is 7.30. The van der Waals surface area contributed by atoms with E-state index >= 15 is 0 Å². The van der Waals surface area contributed by atoms with E-state index in [0.29, 0.717) is 6.10 Å². The minimum atomic E-state index is -0.140. The van der Waals surface area contributed by atoms with E-state index in [-0.39, 0.29) is 6.04 Å².